The summed E-state index contributed by atoms with van der Waals surface area (Å²) in [5, 5.41) is 15.0. The number of carbonyl (C=O) groups excluding carboxylic acids is 2. The lowest BCUT2D eigenvalue weighted by Crippen LogP contribution is -2.39. The SMILES string of the molecule is Cc1cccc(OCC(O)CNC(=O)CC2Sc3ccccc3NC2=O)c1. The maximum atomic E-state index is 12.1. The number of benzene rings is 2. The number of rotatable bonds is 7. The van der Waals surface area contributed by atoms with E-state index in [0.717, 1.165) is 16.1 Å². The van der Waals surface area contributed by atoms with E-state index in [1.54, 1.807) is 0 Å². The van der Waals surface area contributed by atoms with E-state index in [2.05, 4.69) is 10.6 Å². The van der Waals surface area contributed by atoms with E-state index in [1.165, 1.54) is 11.8 Å². The van der Waals surface area contributed by atoms with Gasteiger partial charge in [0.1, 0.15) is 18.5 Å². The molecule has 142 valence electrons. The lowest BCUT2D eigenvalue weighted by Gasteiger charge is -2.23. The van der Waals surface area contributed by atoms with Gasteiger partial charge in [0.15, 0.2) is 0 Å². The summed E-state index contributed by atoms with van der Waals surface area (Å²) >= 11 is 1.38. The van der Waals surface area contributed by atoms with Gasteiger partial charge in [0, 0.05) is 17.9 Å². The van der Waals surface area contributed by atoms with Gasteiger partial charge in [-0.2, -0.15) is 0 Å². The molecule has 2 atom stereocenters. The second kappa shape index (κ2) is 8.92. The number of hydrogen-bond acceptors (Lipinski definition) is 5. The molecule has 2 aromatic rings. The summed E-state index contributed by atoms with van der Waals surface area (Å²) in [5.41, 5.74) is 1.84. The van der Waals surface area contributed by atoms with E-state index in [9.17, 15) is 14.7 Å². The minimum atomic E-state index is -0.831. The predicted molar refractivity (Wildman–Crippen MR) is 105 cm³/mol. The van der Waals surface area contributed by atoms with Crippen LogP contribution in [0.4, 0.5) is 5.69 Å². The molecule has 0 fully saturated rings. The lowest BCUT2D eigenvalue weighted by atomic mass is 10.2. The maximum Gasteiger partial charge on any atom is 0.238 e. The van der Waals surface area contributed by atoms with E-state index < -0.39 is 11.4 Å². The van der Waals surface area contributed by atoms with Gasteiger partial charge in [-0.25, -0.2) is 0 Å². The van der Waals surface area contributed by atoms with Crippen molar-refractivity contribution in [3.05, 3.63) is 54.1 Å². The first kappa shape index (κ1) is 19.3. The van der Waals surface area contributed by atoms with Crippen molar-refractivity contribution in [1.82, 2.24) is 5.32 Å². The minimum Gasteiger partial charge on any atom is -0.491 e. The smallest absolute Gasteiger partial charge is 0.238 e. The molecule has 0 saturated heterocycles. The Hall–Kier alpha value is -2.51. The van der Waals surface area contributed by atoms with Crippen LogP contribution in [0.2, 0.25) is 0 Å². The zero-order valence-corrected chi connectivity index (χ0v) is 15.8. The third kappa shape index (κ3) is 5.48. The molecule has 0 saturated carbocycles. The van der Waals surface area contributed by atoms with Crippen molar-refractivity contribution in [3.63, 3.8) is 0 Å². The third-order valence-electron chi connectivity index (χ3n) is 4.04. The van der Waals surface area contributed by atoms with Crippen LogP contribution in [-0.4, -0.2) is 41.4 Å². The van der Waals surface area contributed by atoms with Crippen molar-refractivity contribution < 1.29 is 19.4 Å². The van der Waals surface area contributed by atoms with Crippen molar-refractivity contribution in [3.8, 4) is 5.75 Å². The molecule has 2 unspecified atom stereocenters. The second-order valence-electron chi connectivity index (χ2n) is 6.38. The molecule has 7 heteroatoms. The van der Waals surface area contributed by atoms with Gasteiger partial charge < -0.3 is 20.5 Å². The van der Waals surface area contributed by atoms with E-state index >= 15 is 0 Å². The monoisotopic (exact) mass is 386 g/mol. The number of hydrogen-bond donors (Lipinski definition) is 3. The van der Waals surface area contributed by atoms with Gasteiger partial charge in [-0.1, -0.05) is 24.3 Å². The van der Waals surface area contributed by atoms with Crippen LogP contribution in [0, 0.1) is 6.92 Å². The Morgan fingerprint density at radius 1 is 1.30 bits per heavy atom. The van der Waals surface area contributed by atoms with E-state index in [0.29, 0.717) is 5.75 Å². The van der Waals surface area contributed by atoms with Crippen LogP contribution in [0.1, 0.15) is 12.0 Å². The van der Waals surface area contributed by atoms with Crippen LogP contribution in [0.5, 0.6) is 5.75 Å². The number of carbonyl (C=O) groups is 2. The van der Waals surface area contributed by atoms with E-state index in [-0.39, 0.29) is 31.4 Å². The molecule has 0 aromatic heterocycles. The van der Waals surface area contributed by atoms with Crippen LogP contribution >= 0.6 is 11.8 Å². The Balaban J connectivity index is 1.42. The predicted octanol–water partition coefficient (Wildman–Crippen LogP) is 2.35. The van der Waals surface area contributed by atoms with Crippen LogP contribution < -0.4 is 15.4 Å². The summed E-state index contributed by atoms with van der Waals surface area (Å²) in [4.78, 5) is 25.2. The van der Waals surface area contributed by atoms with Crippen molar-refractivity contribution in [2.24, 2.45) is 0 Å². The van der Waals surface area contributed by atoms with E-state index in [1.807, 2.05) is 55.5 Å². The number of ether oxygens (including phenoxy) is 1. The van der Waals surface area contributed by atoms with Gasteiger partial charge in [-0.3, -0.25) is 9.59 Å². The number of aliphatic hydroxyl groups excluding tert-OH is 1. The lowest BCUT2D eigenvalue weighted by molar-refractivity contribution is -0.124. The first-order valence-electron chi connectivity index (χ1n) is 8.72. The molecule has 0 spiro atoms. The van der Waals surface area contributed by atoms with Crippen molar-refractivity contribution in [1.29, 1.82) is 0 Å². The molecule has 3 N–H and O–H groups in total. The summed E-state index contributed by atoms with van der Waals surface area (Å²) in [7, 11) is 0. The topological polar surface area (TPSA) is 87.7 Å². The molecular formula is C20H22N2O4S. The van der Waals surface area contributed by atoms with Crippen molar-refractivity contribution in [2.45, 2.75) is 29.6 Å². The zero-order chi connectivity index (χ0) is 19.2. The quantitative estimate of drug-likeness (QED) is 0.680. The molecule has 2 aromatic carbocycles. The highest BCUT2D eigenvalue weighted by Crippen LogP contribution is 2.36. The average molecular weight is 386 g/mol. The molecule has 2 amide bonds. The fourth-order valence-corrected chi connectivity index (χ4v) is 3.77. The van der Waals surface area contributed by atoms with Gasteiger partial charge in [0.05, 0.1) is 10.9 Å². The molecule has 0 bridgehead atoms. The number of aryl methyl sites for hydroxylation is 1. The number of aliphatic hydroxyl groups is 1. The molecule has 27 heavy (non-hydrogen) atoms. The molecule has 0 radical (unpaired) electrons. The molecule has 3 rings (SSSR count). The summed E-state index contributed by atoms with van der Waals surface area (Å²) in [6.07, 6.45) is -0.779. The Kier molecular flexibility index (Phi) is 6.36. The summed E-state index contributed by atoms with van der Waals surface area (Å²) < 4.78 is 5.52. The van der Waals surface area contributed by atoms with Crippen LogP contribution in [0.25, 0.3) is 0 Å². The number of nitrogens with one attached hydrogen (secondary N) is 2. The highest BCUT2D eigenvalue weighted by atomic mass is 32.2. The number of amides is 2. The minimum absolute atomic E-state index is 0.0519. The maximum absolute atomic E-state index is 12.1. The molecular weight excluding hydrogens is 364 g/mol. The van der Waals surface area contributed by atoms with Crippen LogP contribution in [0.15, 0.2) is 53.4 Å². The van der Waals surface area contributed by atoms with Gasteiger partial charge in [0.2, 0.25) is 11.8 Å². The molecule has 6 nitrogen and oxygen atoms in total. The van der Waals surface area contributed by atoms with Gasteiger partial charge >= 0.3 is 0 Å². The molecule has 1 aliphatic heterocycles. The largest absolute Gasteiger partial charge is 0.491 e. The van der Waals surface area contributed by atoms with Gasteiger partial charge in [0.25, 0.3) is 0 Å². The first-order valence-corrected chi connectivity index (χ1v) is 9.60. The highest BCUT2D eigenvalue weighted by molar-refractivity contribution is 8.01. The van der Waals surface area contributed by atoms with Crippen molar-refractivity contribution >= 4 is 29.3 Å². The fraction of sp³-hybridized carbons (Fsp3) is 0.300. The Morgan fingerprint density at radius 2 is 2.11 bits per heavy atom. The van der Waals surface area contributed by atoms with Crippen LogP contribution in [-0.2, 0) is 9.59 Å². The highest BCUT2D eigenvalue weighted by Gasteiger charge is 2.28. The average Bonchev–Trinajstić information content (AvgIpc) is 2.65. The normalized spacial score (nSPS) is 16.8. The Labute approximate surface area is 162 Å². The van der Waals surface area contributed by atoms with E-state index in [4.69, 9.17) is 4.74 Å². The summed E-state index contributed by atoms with van der Waals surface area (Å²) in [6, 6.07) is 15.0. The van der Waals surface area contributed by atoms with Crippen molar-refractivity contribution in [2.75, 3.05) is 18.5 Å². The Morgan fingerprint density at radius 3 is 2.93 bits per heavy atom. The standard InChI is InChI=1S/C20H22N2O4S/c1-13-5-4-6-15(9-13)26-12-14(23)11-21-19(24)10-18-20(25)22-16-7-2-3-8-17(16)27-18/h2-9,14,18,23H,10-12H2,1H3,(H,21,24)(H,22,25). The van der Waals surface area contributed by atoms with Gasteiger partial charge in [-0.15, -0.1) is 11.8 Å². The number of para-hydroxylation sites is 1. The first-order chi connectivity index (χ1) is 13.0. The van der Waals surface area contributed by atoms with Gasteiger partial charge in [-0.05, 0) is 36.8 Å². The number of fused-ring (bicyclic) bond motifs is 1. The number of anilines is 1. The zero-order valence-electron chi connectivity index (χ0n) is 15.0. The molecule has 0 aliphatic carbocycles. The summed E-state index contributed by atoms with van der Waals surface area (Å²) in [5.74, 6) is 0.211. The fourth-order valence-electron chi connectivity index (χ4n) is 2.66. The third-order valence-corrected chi connectivity index (χ3v) is 5.32. The number of thioether (sulfide) groups is 1. The van der Waals surface area contributed by atoms with Crippen LogP contribution in [0.3, 0.4) is 0 Å². The Bertz CT molecular complexity index is 827. The summed E-state index contributed by atoms with van der Waals surface area (Å²) in [6.45, 7) is 2.11. The molecule has 1 aliphatic rings. The second-order valence-corrected chi connectivity index (χ2v) is 7.63. The molecule has 1 heterocycles.